The van der Waals surface area contributed by atoms with Crippen LogP contribution >= 0.6 is 27.5 Å². The third-order valence-electron chi connectivity index (χ3n) is 2.80. The quantitative estimate of drug-likeness (QED) is 0.821. The Balaban J connectivity index is 2.02. The second kappa shape index (κ2) is 5.19. The van der Waals surface area contributed by atoms with Crippen molar-refractivity contribution < 1.29 is 4.79 Å². The first-order valence-electron chi connectivity index (χ1n) is 5.38. The molecule has 0 radical (unpaired) electrons. The van der Waals surface area contributed by atoms with Crippen LogP contribution in [0.15, 0.2) is 22.7 Å². The summed E-state index contributed by atoms with van der Waals surface area (Å²) in [6, 6.07) is 5.67. The van der Waals surface area contributed by atoms with Gasteiger partial charge in [-0.3, -0.25) is 4.79 Å². The van der Waals surface area contributed by atoms with Crippen molar-refractivity contribution >= 4 is 33.4 Å². The number of rotatable bonds is 2. The van der Waals surface area contributed by atoms with E-state index in [1.165, 1.54) is 0 Å². The molecular formula is C12H13BrClNO. The summed E-state index contributed by atoms with van der Waals surface area (Å²) < 4.78 is 0.867. The van der Waals surface area contributed by atoms with Gasteiger partial charge >= 0.3 is 0 Å². The fraction of sp³-hybridized carbons (Fsp3) is 0.417. The molecule has 86 valence electrons. The maximum absolute atomic E-state index is 11.9. The number of hydrogen-bond acceptors (Lipinski definition) is 1. The normalized spacial score (nSPS) is 15.5. The van der Waals surface area contributed by atoms with Gasteiger partial charge in [-0.2, -0.15) is 0 Å². The highest BCUT2D eigenvalue weighted by Crippen LogP contribution is 2.23. The van der Waals surface area contributed by atoms with Gasteiger partial charge in [-0.1, -0.05) is 17.7 Å². The number of halogens is 2. The average Bonchev–Trinajstić information content (AvgIpc) is 2.77. The highest BCUT2D eigenvalue weighted by atomic mass is 79.9. The molecular weight excluding hydrogens is 289 g/mol. The molecule has 16 heavy (non-hydrogen) atoms. The zero-order chi connectivity index (χ0) is 11.5. The van der Waals surface area contributed by atoms with E-state index in [1.807, 2.05) is 23.1 Å². The van der Waals surface area contributed by atoms with Crippen LogP contribution in [0.25, 0.3) is 0 Å². The highest BCUT2D eigenvalue weighted by Gasteiger charge is 2.17. The second-order valence-corrected chi connectivity index (χ2v) is 5.27. The zero-order valence-electron chi connectivity index (χ0n) is 8.88. The molecule has 0 unspecified atom stereocenters. The summed E-state index contributed by atoms with van der Waals surface area (Å²) in [4.78, 5) is 13.8. The highest BCUT2D eigenvalue weighted by molar-refractivity contribution is 9.10. The summed E-state index contributed by atoms with van der Waals surface area (Å²) in [5.41, 5.74) is 0.977. The summed E-state index contributed by atoms with van der Waals surface area (Å²) >= 11 is 9.32. The first-order chi connectivity index (χ1) is 7.66. The van der Waals surface area contributed by atoms with Crippen molar-refractivity contribution in [1.29, 1.82) is 0 Å². The molecule has 0 N–H and O–H groups in total. The van der Waals surface area contributed by atoms with Gasteiger partial charge in [0, 0.05) is 17.6 Å². The minimum absolute atomic E-state index is 0.205. The van der Waals surface area contributed by atoms with Crippen molar-refractivity contribution in [2.75, 3.05) is 13.1 Å². The Hall–Kier alpha value is -0.540. The molecule has 1 aromatic rings. The van der Waals surface area contributed by atoms with Gasteiger partial charge in [0.05, 0.1) is 11.4 Å². The van der Waals surface area contributed by atoms with Crippen LogP contribution in [-0.2, 0) is 11.2 Å². The molecule has 0 spiro atoms. The van der Waals surface area contributed by atoms with Crippen molar-refractivity contribution in [3.05, 3.63) is 33.3 Å². The van der Waals surface area contributed by atoms with E-state index >= 15 is 0 Å². The Kier molecular flexibility index (Phi) is 3.87. The largest absolute Gasteiger partial charge is 0.342 e. The fourth-order valence-electron chi connectivity index (χ4n) is 1.90. The number of likely N-dealkylation sites (tertiary alicyclic amines) is 1. The van der Waals surface area contributed by atoms with E-state index in [4.69, 9.17) is 11.6 Å². The third-order valence-corrected chi connectivity index (χ3v) is 4.03. The smallest absolute Gasteiger partial charge is 0.226 e. The summed E-state index contributed by atoms with van der Waals surface area (Å²) in [5, 5.41) is 0.659. The summed E-state index contributed by atoms with van der Waals surface area (Å²) in [7, 11) is 0. The minimum Gasteiger partial charge on any atom is -0.342 e. The van der Waals surface area contributed by atoms with Crippen molar-refractivity contribution in [3.63, 3.8) is 0 Å². The first kappa shape index (κ1) is 11.9. The number of carbonyl (C=O) groups is 1. The lowest BCUT2D eigenvalue weighted by atomic mass is 10.1. The monoisotopic (exact) mass is 301 g/mol. The minimum atomic E-state index is 0.205. The number of benzene rings is 1. The number of amides is 1. The predicted molar refractivity (Wildman–Crippen MR) is 68.7 cm³/mol. The van der Waals surface area contributed by atoms with Crippen molar-refractivity contribution in [1.82, 2.24) is 4.90 Å². The molecule has 0 saturated carbocycles. The van der Waals surface area contributed by atoms with Crippen LogP contribution in [0.1, 0.15) is 18.4 Å². The lowest BCUT2D eigenvalue weighted by Crippen LogP contribution is -2.29. The van der Waals surface area contributed by atoms with Gasteiger partial charge in [0.25, 0.3) is 0 Å². The van der Waals surface area contributed by atoms with Crippen molar-refractivity contribution in [2.45, 2.75) is 19.3 Å². The SMILES string of the molecule is O=C(Cc1ccc(Br)c(Cl)c1)N1CCCC1. The van der Waals surface area contributed by atoms with Crippen molar-refractivity contribution in [2.24, 2.45) is 0 Å². The zero-order valence-corrected chi connectivity index (χ0v) is 11.2. The molecule has 2 rings (SSSR count). The lowest BCUT2D eigenvalue weighted by molar-refractivity contribution is -0.129. The van der Waals surface area contributed by atoms with E-state index in [-0.39, 0.29) is 5.91 Å². The Bertz CT molecular complexity index is 402. The van der Waals surface area contributed by atoms with E-state index in [0.29, 0.717) is 11.4 Å². The van der Waals surface area contributed by atoms with E-state index in [0.717, 1.165) is 36.0 Å². The first-order valence-corrected chi connectivity index (χ1v) is 6.55. The maximum Gasteiger partial charge on any atom is 0.226 e. The van der Waals surface area contributed by atoms with E-state index in [1.54, 1.807) is 0 Å². The van der Waals surface area contributed by atoms with Crippen LogP contribution in [0.3, 0.4) is 0 Å². The second-order valence-electron chi connectivity index (χ2n) is 4.01. The van der Waals surface area contributed by atoms with Gasteiger partial charge < -0.3 is 4.90 Å². The van der Waals surface area contributed by atoms with E-state index in [9.17, 15) is 4.79 Å². The average molecular weight is 303 g/mol. The number of carbonyl (C=O) groups excluding carboxylic acids is 1. The molecule has 0 atom stereocenters. The Morgan fingerprint density at radius 2 is 2.06 bits per heavy atom. The van der Waals surface area contributed by atoms with E-state index in [2.05, 4.69) is 15.9 Å². The molecule has 1 amide bonds. The topological polar surface area (TPSA) is 20.3 Å². The van der Waals surface area contributed by atoms with Gasteiger partial charge in [0.1, 0.15) is 0 Å². The van der Waals surface area contributed by atoms with Crippen LogP contribution in [0.4, 0.5) is 0 Å². The molecule has 0 aliphatic carbocycles. The molecule has 0 bridgehead atoms. The van der Waals surface area contributed by atoms with Crippen LogP contribution < -0.4 is 0 Å². The number of hydrogen-bond donors (Lipinski definition) is 0. The number of nitrogens with zero attached hydrogens (tertiary/aromatic N) is 1. The molecule has 1 aromatic carbocycles. The molecule has 1 aliphatic rings. The van der Waals surface area contributed by atoms with Crippen LogP contribution in [0.5, 0.6) is 0 Å². The lowest BCUT2D eigenvalue weighted by Gasteiger charge is -2.15. The summed E-state index contributed by atoms with van der Waals surface area (Å²) in [5.74, 6) is 0.205. The van der Waals surface area contributed by atoms with Crippen LogP contribution in [0, 0.1) is 0 Å². The molecule has 4 heteroatoms. The Morgan fingerprint density at radius 1 is 1.38 bits per heavy atom. The maximum atomic E-state index is 11.9. The van der Waals surface area contributed by atoms with Gasteiger partial charge in [0.2, 0.25) is 5.91 Å². The van der Waals surface area contributed by atoms with Gasteiger partial charge in [-0.25, -0.2) is 0 Å². The van der Waals surface area contributed by atoms with Gasteiger partial charge in [0.15, 0.2) is 0 Å². The Morgan fingerprint density at radius 3 is 2.69 bits per heavy atom. The van der Waals surface area contributed by atoms with Crippen molar-refractivity contribution in [3.8, 4) is 0 Å². The van der Waals surface area contributed by atoms with Crippen LogP contribution in [-0.4, -0.2) is 23.9 Å². The summed E-state index contributed by atoms with van der Waals surface area (Å²) in [6.45, 7) is 1.81. The predicted octanol–water partition coefficient (Wildman–Crippen LogP) is 3.27. The molecule has 2 nitrogen and oxygen atoms in total. The van der Waals surface area contributed by atoms with Gasteiger partial charge in [-0.05, 0) is 46.5 Å². The summed E-state index contributed by atoms with van der Waals surface area (Å²) in [6.07, 6.45) is 2.71. The standard InChI is InChI=1S/C12H13BrClNO/c13-10-4-3-9(7-11(10)14)8-12(16)15-5-1-2-6-15/h3-4,7H,1-2,5-6,8H2. The molecule has 1 saturated heterocycles. The van der Waals surface area contributed by atoms with E-state index < -0.39 is 0 Å². The van der Waals surface area contributed by atoms with Crippen LogP contribution in [0.2, 0.25) is 5.02 Å². The molecule has 1 aliphatic heterocycles. The third kappa shape index (κ3) is 2.77. The Labute approximate surface area is 109 Å². The molecule has 1 fully saturated rings. The molecule has 0 aromatic heterocycles. The molecule has 1 heterocycles. The fourth-order valence-corrected chi connectivity index (χ4v) is 2.35. The van der Waals surface area contributed by atoms with Gasteiger partial charge in [-0.15, -0.1) is 0 Å².